The number of hydrogen-bond donors (Lipinski definition) is 2. The van der Waals surface area contributed by atoms with Gasteiger partial charge in [0, 0.05) is 4.47 Å². The molecular weight excluding hydrogens is 358 g/mol. The summed E-state index contributed by atoms with van der Waals surface area (Å²) in [5.41, 5.74) is 0.861. The van der Waals surface area contributed by atoms with Crippen molar-refractivity contribution in [3.05, 3.63) is 52.5 Å². The summed E-state index contributed by atoms with van der Waals surface area (Å²) in [6.45, 7) is -0.232. The van der Waals surface area contributed by atoms with Crippen LogP contribution < -0.4 is 9.46 Å². The number of rotatable bonds is 5. The fraction of sp³-hybridized carbons (Fsp3) is 0.143. The third-order valence-electron chi connectivity index (χ3n) is 2.82. The smallest absolute Gasteiger partial charge is 0.263 e. The number of benzene rings is 2. The summed E-state index contributed by atoms with van der Waals surface area (Å²) in [6, 6.07) is 11.4. The van der Waals surface area contributed by atoms with E-state index in [4.69, 9.17) is 9.84 Å². The Bertz CT molecular complexity index is 746. The topological polar surface area (TPSA) is 75.6 Å². The molecule has 5 nitrogen and oxygen atoms in total. The Morgan fingerprint density at radius 3 is 2.62 bits per heavy atom. The Hall–Kier alpha value is -1.57. The van der Waals surface area contributed by atoms with Gasteiger partial charge in [0.1, 0.15) is 10.6 Å². The fourth-order valence-electron chi connectivity index (χ4n) is 1.78. The number of methoxy groups -OCH3 is 1. The van der Waals surface area contributed by atoms with Gasteiger partial charge in [0.2, 0.25) is 0 Å². The normalized spacial score (nSPS) is 11.2. The van der Waals surface area contributed by atoms with E-state index in [2.05, 4.69) is 20.7 Å². The average Bonchev–Trinajstić information content (AvgIpc) is 2.47. The molecule has 2 aromatic carbocycles. The van der Waals surface area contributed by atoms with Gasteiger partial charge in [-0.05, 0) is 45.8 Å². The summed E-state index contributed by atoms with van der Waals surface area (Å²) < 4.78 is 33.0. The second-order valence-electron chi connectivity index (χ2n) is 4.23. The number of aliphatic hydroxyl groups is 1. The van der Waals surface area contributed by atoms with E-state index in [9.17, 15) is 8.42 Å². The second-order valence-corrected chi connectivity index (χ2v) is 6.73. The molecule has 0 unspecified atom stereocenters. The van der Waals surface area contributed by atoms with Crippen LogP contribution in [0.5, 0.6) is 5.75 Å². The molecular formula is C14H14BrNO4S. The summed E-state index contributed by atoms with van der Waals surface area (Å²) in [5, 5.41) is 9.14. The lowest BCUT2D eigenvalue weighted by Crippen LogP contribution is -2.14. The molecule has 0 aromatic heterocycles. The third kappa shape index (κ3) is 3.55. The van der Waals surface area contributed by atoms with Crippen molar-refractivity contribution >= 4 is 31.6 Å². The average molecular weight is 372 g/mol. The largest absolute Gasteiger partial charge is 0.495 e. The van der Waals surface area contributed by atoms with Gasteiger partial charge >= 0.3 is 0 Å². The Morgan fingerprint density at radius 1 is 1.24 bits per heavy atom. The molecule has 2 N–H and O–H groups in total. The molecule has 2 aromatic rings. The van der Waals surface area contributed by atoms with Crippen LogP contribution in [0, 0.1) is 0 Å². The van der Waals surface area contributed by atoms with Crippen LogP contribution in [0.4, 0.5) is 5.69 Å². The van der Waals surface area contributed by atoms with E-state index in [1.54, 1.807) is 36.4 Å². The number of halogens is 1. The van der Waals surface area contributed by atoms with E-state index in [0.717, 1.165) is 0 Å². The number of sulfonamides is 1. The maximum Gasteiger partial charge on any atom is 0.263 e. The van der Waals surface area contributed by atoms with Gasteiger partial charge in [-0.15, -0.1) is 0 Å². The molecule has 0 radical (unpaired) electrons. The standard InChI is InChI=1S/C14H14BrNO4S/c1-20-13-5-3-2-4-12(13)16-21(18,19)14-8-10(9-17)6-7-11(14)15/h2-8,16-17H,9H2,1H3. The van der Waals surface area contributed by atoms with E-state index in [0.29, 0.717) is 21.5 Å². The molecule has 0 aliphatic rings. The van der Waals surface area contributed by atoms with E-state index in [-0.39, 0.29) is 11.5 Å². The number of nitrogens with one attached hydrogen (secondary N) is 1. The molecule has 0 fully saturated rings. The van der Waals surface area contributed by atoms with Crippen LogP contribution in [0.1, 0.15) is 5.56 Å². The van der Waals surface area contributed by atoms with Crippen LogP contribution in [-0.2, 0) is 16.6 Å². The van der Waals surface area contributed by atoms with E-state index in [1.165, 1.54) is 13.2 Å². The quantitative estimate of drug-likeness (QED) is 0.846. The molecule has 2 rings (SSSR count). The minimum absolute atomic E-state index is 0.0555. The predicted molar refractivity (Wildman–Crippen MR) is 83.9 cm³/mol. The van der Waals surface area contributed by atoms with Crippen molar-refractivity contribution in [3.63, 3.8) is 0 Å². The molecule has 0 saturated carbocycles. The fourth-order valence-corrected chi connectivity index (χ4v) is 3.87. The minimum atomic E-state index is -3.80. The molecule has 0 amide bonds. The minimum Gasteiger partial charge on any atom is -0.495 e. The van der Waals surface area contributed by atoms with Crippen LogP contribution in [0.25, 0.3) is 0 Å². The van der Waals surface area contributed by atoms with Gasteiger partial charge in [-0.2, -0.15) is 0 Å². The number of aliphatic hydroxyl groups excluding tert-OH is 1. The number of ether oxygens (including phenoxy) is 1. The van der Waals surface area contributed by atoms with Crippen LogP contribution in [0.3, 0.4) is 0 Å². The van der Waals surface area contributed by atoms with Crippen LogP contribution in [0.2, 0.25) is 0 Å². The zero-order valence-corrected chi connectivity index (χ0v) is 13.6. The highest BCUT2D eigenvalue weighted by Gasteiger charge is 2.19. The van der Waals surface area contributed by atoms with Crippen molar-refractivity contribution in [2.45, 2.75) is 11.5 Å². The third-order valence-corrected chi connectivity index (χ3v) is 5.18. The van der Waals surface area contributed by atoms with Crippen molar-refractivity contribution in [1.29, 1.82) is 0 Å². The van der Waals surface area contributed by atoms with Gasteiger partial charge in [0.15, 0.2) is 0 Å². The molecule has 0 aliphatic carbocycles. The lowest BCUT2D eigenvalue weighted by molar-refractivity contribution is 0.281. The van der Waals surface area contributed by atoms with E-state index in [1.807, 2.05) is 0 Å². The highest BCUT2D eigenvalue weighted by Crippen LogP contribution is 2.29. The lowest BCUT2D eigenvalue weighted by Gasteiger charge is -2.13. The lowest BCUT2D eigenvalue weighted by atomic mass is 10.2. The molecule has 21 heavy (non-hydrogen) atoms. The Kier molecular flexibility index (Phi) is 4.87. The first-order valence-electron chi connectivity index (χ1n) is 6.03. The molecule has 0 bridgehead atoms. The summed E-state index contributed by atoms with van der Waals surface area (Å²) >= 11 is 3.21. The van der Waals surface area contributed by atoms with Gasteiger partial charge in [0.25, 0.3) is 10.0 Å². The van der Waals surface area contributed by atoms with Gasteiger partial charge in [-0.1, -0.05) is 18.2 Å². The number of hydrogen-bond acceptors (Lipinski definition) is 4. The molecule has 0 saturated heterocycles. The zero-order valence-electron chi connectivity index (χ0n) is 11.2. The number of anilines is 1. The summed E-state index contributed by atoms with van der Waals surface area (Å²) in [5.74, 6) is 0.426. The maximum atomic E-state index is 12.5. The second kappa shape index (κ2) is 6.46. The first kappa shape index (κ1) is 15.8. The van der Waals surface area contributed by atoms with Crippen molar-refractivity contribution in [1.82, 2.24) is 0 Å². The first-order chi connectivity index (χ1) is 9.97. The van der Waals surface area contributed by atoms with Crippen LogP contribution >= 0.6 is 15.9 Å². The molecule has 7 heteroatoms. The summed E-state index contributed by atoms with van der Waals surface area (Å²) in [6.07, 6.45) is 0. The highest BCUT2D eigenvalue weighted by atomic mass is 79.9. The van der Waals surface area contributed by atoms with Gasteiger partial charge < -0.3 is 9.84 Å². The monoisotopic (exact) mass is 371 g/mol. The van der Waals surface area contributed by atoms with Crippen molar-refractivity contribution < 1.29 is 18.3 Å². The predicted octanol–water partition coefficient (Wildman–Crippen LogP) is 2.75. The Morgan fingerprint density at radius 2 is 1.95 bits per heavy atom. The van der Waals surface area contributed by atoms with E-state index >= 15 is 0 Å². The SMILES string of the molecule is COc1ccccc1NS(=O)(=O)c1cc(CO)ccc1Br. The van der Waals surface area contributed by atoms with Gasteiger partial charge in [-0.3, -0.25) is 4.72 Å². The van der Waals surface area contributed by atoms with E-state index < -0.39 is 10.0 Å². The van der Waals surface area contributed by atoms with Crippen LogP contribution in [-0.4, -0.2) is 20.6 Å². The van der Waals surface area contributed by atoms with Crippen molar-refractivity contribution in [2.75, 3.05) is 11.8 Å². The van der Waals surface area contributed by atoms with Crippen molar-refractivity contribution in [2.24, 2.45) is 0 Å². The molecule has 0 spiro atoms. The molecule has 0 aliphatic heterocycles. The summed E-state index contributed by atoms with van der Waals surface area (Å²) in [4.78, 5) is 0.0555. The van der Waals surface area contributed by atoms with Gasteiger partial charge in [-0.25, -0.2) is 8.42 Å². The molecule has 112 valence electrons. The highest BCUT2D eigenvalue weighted by molar-refractivity contribution is 9.10. The number of para-hydroxylation sites is 2. The Labute approximate surface area is 131 Å². The van der Waals surface area contributed by atoms with Crippen LogP contribution in [0.15, 0.2) is 51.8 Å². The molecule has 0 atom stereocenters. The van der Waals surface area contributed by atoms with Gasteiger partial charge in [0.05, 0.1) is 19.4 Å². The maximum absolute atomic E-state index is 12.5. The molecule has 0 heterocycles. The van der Waals surface area contributed by atoms with Crippen molar-refractivity contribution in [3.8, 4) is 5.75 Å². The summed E-state index contributed by atoms with van der Waals surface area (Å²) in [7, 11) is -2.33. The Balaban J connectivity index is 2.43. The zero-order chi connectivity index (χ0) is 15.5. The first-order valence-corrected chi connectivity index (χ1v) is 8.30.